The number of piperidine rings is 1. The van der Waals surface area contributed by atoms with Crippen molar-refractivity contribution < 1.29 is 9.18 Å². The number of benzene rings is 1. The molecule has 0 unspecified atom stereocenters. The van der Waals surface area contributed by atoms with E-state index in [2.05, 4.69) is 10.6 Å². The van der Waals surface area contributed by atoms with Crippen molar-refractivity contribution in [1.29, 1.82) is 0 Å². The minimum atomic E-state index is -0.203. The lowest BCUT2D eigenvalue weighted by atomic mass is 9.93. The van der Waals surface area contributed by atoms with Gasteiger partial charge in [0, 0.05) is 18.4 Å². The van der Waals surface area contributed by atoms with E-state index in [0.717, 1.165) is 37.9 Å². The number of carbonyl (C=O) groups is 1. The molecule has 3 nitrogen and oxygen atoms in total. The van der Waals surface area contributed by atoms with E-state index >= 15 is 0 Å². The highest BCUT2D eigenvalue weighted by Gasteiger charge is 2.44. The molecule has 0 spiro atoms. The first-order chi connectivity index (χ1) is 10.7. The van der Waals surface area contributed by atoms with Gasteiger partial charge in [-0.1, -0.05) is 12.1 Å². The maximum absolute atomic E-state index is 13.0. The van der Waals surface area contributed by atoms with E-state index in [9.17, 15) is 9.18 Å². The topological polar surface area (TPSA) is 41.1 Å². The predicted octanol–water partition coefficient (Wildman–Crippen LogP) is 3.18. The molecule has 1 saturated heterocycles. The molecule has 2 aliphatic rings. The largest absolute Gasteiger partial charge is 0.355 e. The molecule has 5 heteroatoms. The lowest BCUT2D eigenvalue weighted by Crippen LogP contribution is -2.33. The fourth-order valence-corrected chi connectivity index (χ4v) is 3.38. The number of halogens is 2. The van der Waals surface area contributed by atoms with Crippen LogP contribution in [0.4, 0.5) is 4.39 Å². The summed E-state index contributed by atoms with van der Waals surface area (Å²) in [5.41, 5.74) is 1.20. The molecule has 0 radical (unpaired) electrons. The molecule has 3 rings (SSSR count). The fraction of sp³-hybridized carbons (Fsp3) is 0.611. The number of amides is 1. The average Bonchev–Trinajstić information content (AvgIpc) is 3.34. The van der Waals surface area contributed by atoms with Gasteiger partial charge in [-0.15, -0.1) is 12.4 Å². The van der Waals surface area contributed by atoms with Crippen LogP contribution < -0.4 is 10.6 Å². The number of carbonyl (C=O) groups excluding carboxylic acids is 1. The Bertz CT molecular complexity index is 510. The van der Waals surface area contributed by atoms with Crippen molar-refractivity contribution in [3.63, 3.8) is 0 Å². The maximum Gasteiger partial charge on any atom is 0.220 e. The molecule has 2 fully saturated rings. The van der Waals surface area contributed by atoms with Crippen molar-refractivity contribution in [2.75, 3.05) is 19.6 Å². The van der Waals surface area contributed by atoms with E-state index in [-0.39, 0.29) is 29.5 Å². The van der Waals surface area contributed by atoms with Gasteiger partial charge in [0.15, 0.2) is 0 Å². The van der Waals surface area contributed by atoms with E-state index in [0.29, 0.717) is 18.9 Å². The van der Waals surface area contributed by atoms with Crippen molar-refractivity contribution in [2.45, 2.75) is 43.9 Å². The predicted molar refractivity (Wildman–Crippen MR) is 92.4 cm³/mol. The van der Waals surface area contributed by atoms with E-state index in [1.165, 1.54) is 25.0 Å². The molecule has 1 aliphatic carbocycles. The summed E-state index contributed by atoms with van der Waals surface area (Å²) < 4.78 is 13.0. The summed E-state index contributed by atoms with van der Waals surface area (Å²) in [6.07, 6.45) is 6.15. The molecule has 1 aromatic carbocycles. The minimum Gasteiger partial charge on any atom is -0.355 e. The molecule has 1 aliphatic heterocycles. The van der Waals surface area contributed by atoms with Gasteiger partial charge in [0.25, 0.3) is 0 Å². The van der Waals surface area contributed by atoms with Gasteiger partial charge in [-0.05, 0) is 68.8 Å². The van der Waals surface area contributed by atoms with Gasteiger partial charge in [0.05, 0.1) is 0 Å². The second-order valence-electron chi connectivity index (χ2n) is 6.80. The van der Waals surface area contributed by atoms with Gasteiger partial charge < -0.3 is 10.6 Å². The number of nitrogens with one attached hydrogen (secondary N) is 2. The van der Waals surface area contributed by atoms with Crippen LogP contribution in [0.15, 0.2) is 24.3 Å². The molecule has 1 aromatic rings. The smallest absolute Gasteiger partial charge is 0.220 e. The Hall–Kier alpha value is -1.13. The van der Waals surface area contributed by atoms with Crippen LogP contribution in [0.1, 0.15) is 44.1 Å². The third-order valence-electron chi connectivity index (χ3n) is 5.17. The standard InChI is InChI=1S/C18H25FN2O.ClH/c19-16-4-2-15(3-5-16)18(9-10-18)13-21-17(22)6-1-14-7-11-20-12-8-14;/h2-5,14,20H,1,6-13H2,(H,21,22);1H. The van der Waals surface area contributed by atoms with Crippen LogP contribution in [0.2, 0.25) is 0 Å². The van der Waals surface area contributed by atoms with Crippen molar-refractivity contribution >= 4 is 18.3 Å². The lowest BCUT2D eigenvalue weighted by molar-refractivity contribution is -0.121. The van der Waals surface area contributed by atoms with Crippen LogP contribution in [0.25, 0.3) is 0 Å². The van der Waals surface area contributed by atoms with Gasteiger partial charge in [-0.2, -0.15) is 0 Å². The Morgan fingerprint density at radius 3 is 2.48 bits per heavy atom. The first kappa shape index (κ1) is 18.2. The molecule has 1 saturated carbocycles. The highest BCUT2D eigenvalue weighted by Crippen LogP contribution is 2.47. The summed E-state index contributed by atoms with van der Waals surface area (Å²) in [5.74, 6) is 0.650. The molecular weight excluding hydrogens is 315 g/mol. The quantitative estimate of drug-likeness (QED) is 0.835. The molecule has 0 bridgehead atoms. The normalized spacial score (nSPS) is 19.7. The van der Waals surface area contributed by atoms with Gasteiger partial charge in [0.2, 0.25) is 5.91 Å². The summed E-state index contributed by atoms with van der Waals surface area (Å²) in [5, 5.41) is 6.44. The number of hydrogen-bond donors (Lipinski definition) is 2. The lowest BCUT2D eigenvalue weighted by Gasteiger charge is -2.22. The van der Waals surface area contributed by atoms with Gasteiger partial charge in [-0.25, -0.2) is 4.39 Å². The van der Waals surface area contributed by atoms with Crippen LogP contribution in [0, 0.1) is 11.7 Å². The van der Waals surface area contributed by atoms with Crippen LogP contribution in [0.3, 0.4) is 0 Å². The first-order valence-corrected chi connectivity index (χ1v) is 8.41. The summed E-state index contributed by atoms with van der Waals surface area (Å²) in [6, 6.07) is 6.72. The molecule has 23 heavy (non-hydrogen) atoms. The van der Waals surface area contributed by atoms with Crippen LogP contribution in [-0.2, 0) is 10.2 Å². The third-order valence-corrected chi connectivity index (χ3v) is 5.17. The Balaban J connectivity index is 0.00000192. The van der Waals surface area contributed by atoms with Crippen molar-refractivity contribution in [1.82, 2.24) is 10.6 Å². The van der Waals surface area contributed by atoms with Gasteiger partial charge in [0.1, 0.15) is 5.82 Å². The second kappa shape index (κ2) is 8.11. The van der Waals surface area contributed by atoms with Gasteiger partial charge >= 0.3 is 0 Å². The fourth-order valence-electron chi connectivity index (χ4n) is 3.38. The van der Waals surface area contributed by atoms with Crippen molar-refractivity contribution in [3.8, 4) is 0 Å². The monoisotopic (exact) mass is 340 g/mol. The van der Waals surface area contributed by atoms with E-state index in [1.54, 1.807) is 0 Å². The molecule has 0 atom stereocenters. The average molecular weight is 341 g/mol. The van der Waals surface area contributed by atoms with Crippen LogP contribution >= 0.6 is 12.4 Å². The SMILES string of the molecule is Cl.O=C(CCC1CCNCC1)NCC1(c2ccc(F)cc2)CC1. The zero-order chi connectivity index (χ0) is 15.4. The Labute approximate surface area is 143 Å². The van der Waals surface area contributed by atoms with E-state index < -0.39 is 0 Å². The highest BCUT2D eigenvalue weighted by atomic mass is 35.5. The zero-order valence-electron chi connectivity index (χ0n) is 13.4. The number of hydrogen-bond acceptors (Lipinski definition) is 2. The number of rotatable bonds is 6. The summed E-state index contributed by atoms with van der Waals surface area (Å²) in [6.45, 7) is 2.85. The first-order valence-electron chi connectivity index (χ1n) is 8.41. The van der Waals surface area contributed by atoms with E-state index in [4.69, 9.17) is 0 Å². The zero-order valence-corrected chi connectivity index (χ0v) is 14.3. The minimum absolute atomic E-state index is 0. The summed E-state index contributed by atoms with van der Waals surface area (Å²) in [7, 11) is 0. The molecule has 1 heterocycles. The van der Waals surface area contributed by atoms with Crippen LogP contribution in [0.5, 0.6) is 0 Å². The molecular formula is C18H26ClFN2O. The van der Waals surface area contributed by atoms with Crippen LogP contribution in [-0.4, -0.2) is 25.5 Å². The summed E-state index contributed by atoms with van der Waals surface area (Å²) in [4.78, 5) is 12.1. The van der Waals surface area contributed by atoms with E-state index in [1.807, 2.05) is 12.1 Å². The van der Waals surface area contributed by atoms with Crippen molar-refractivity contribution in [2.24, 2.45) is 5.92 Å². The second-order valence-corrected chi connectivity index (χ2v) is 6.80. The highest BCUT2D eigenvalue weighted by molar-refractivity contribution is 5.85. The maximum atomic E-state index is 13.0. The molecule has 2 N–H and O–H groups in total. The van der Waals surface area contributed by atoms with Crippen molar-refractivity contribution in [3.05, 3.63) is 35.6 Å². The Kier molecular flexibility index (Phi) is 6.42. The van der Waals surface area contributed by atoms with Gasteiger partial charge in [-0.3, -0.25) is 4.79 Å². The third kappa shape index (κ3) is 4.92. The Morgan fingerprint density at radius 2 is 1.87 bits per heavy atom. The molecule has 128 valence electrons. The molecule has 1 amide bonds. The Morgan fingerprint density at radius 1 is 1.22 bits per heavy atom. The molecule has 0 aromatic heterocycles. The summed E-state index contributed by atoms with van der Waals surface area (Å²) >= 11 is 0.